The number of amides is 1. The molecule has 1 aromatic carbocycles. The Labute approximate surface area is 132 Å². The van der Waals surface area contributed by atoms with Gasteiger partial charge in [-0.05, 0) is 31.3 Å². The number of hydrogen-bond acceptors (Lipinski definition) is 2. The van der Waals surface area contributed by atoms with Gasteiger partial charge in [0.25, 0.3) is 0 Å². The molecule has 0 atom stereocenters. The van der Waals surface area contributed by atoms with E-state index >= 15 is 0 Å². The predicted molar refractivity (Wildman–Crippen MR) is 92.4 cm³/mol. The van der Waals surface area contributed by atoms with Crippen molar-refractivity contribution in [3.63, 3.8) is 0 Å². The van der Waals surface area contributed by atoms with Crippen LogP contribution in [0.15, 0.2) is 24.3 Å². The van der Waals surface area contributed by atoms with Crippen molar-refractivity contribution in [2.45, 2.75) is 38.3 Å². The summed E-state index contributed by atoms with van der Waals surface area (Å²) in [6.45, 7) is 8.90. The molecule has 0 aliphatic carbocycles. The third-order valence-corrected chi connectivity index (χ3v) is 9.95. The molecular weight excluding hydrogens is 317 g/mol. The van der Waals surface area contributed by atoms with E-state index in [1.165, 1.54) is 12.2 Å². The van der Waals surface area contributed by atoms with Crippen molar-refractivity contribution in [3.8, 4) is 0 Å². The minimum Gasteiger partial charge on any atom is -0.456 e. The highest BCUT2D eigenvalue weighted by atomic mass is 28.3. The van der Waals surface area contributed by atoms with Gasteiger partial charge in [-0.2, -0.15) is 0 Å². The first-order valence-corrected chi connectivity index (χ1v) is 13.7. The molecule has 1 rings (SSSR count). The average molecular weight is 341 g/mol. The van der Waals surface area contributed by atoms with Gasteiger partial charge in [0, 0.05) is 12.7 Å². The molecule has 0 spiro atoms. The highest BCUT2D eigenvalue weighted by Gasteiger charge is 2.24. The molecule has 115 valence electrons. The summed E-state index contributed by atoms with van der Waals surface area (Å²) in [7, 11) is -0.156. The number of rotatable bonds is 7. The second-order valence-corrected chi connectivity index (χ2v) is 14.2. The van der Waals surface area contributed by atoms with Crippen molar-refractivity contribution in [1.29, 1.82) is 0 Å². The number of nitrogens with zero attached hydrogens (tertiary/aromatic N) is 1. The van der Waals surface area contributed by atoms with E-state index in [9.17, 15) is 9.18 Å². The van der Waals surface area contributed by atoms with E-state index < -0.39 is 23.3 Å². The number of halogens is 1. The van der Waals surface area contributed by atoms with E-state index in [-0.39, 0.29) is 0 Å². The molecule has 3 radical (unpaired) electrons. The van der Waals surface area contributed by atoms with Gasteiger partial charge in [0.15, 0.2) is 9.04 Å². The Kier molecular flexibility index (Phi) is 6.98. The summed E-state index contributed by atoms with van der Waals surface area (Å²) in [5.74, 6) is 0. The van der Waals surface area contributed by atoms with Crippen LogP contribution in [0.3, 0.4) is 0 Å². The van der Waals surface area contributed by atoms with Crippen molar-refractivity contribution < 1.29 is 13.3 Å². The summed E-state index contributed by atoms with van der Waals surface area (Å²) in [6, 6.07) is 9.91. The molecule has 3 nitrogen and oxygen atoms in total. The SMILES string of the molecule is CN(C(=O)F)c1cccc([Si](C)(C)CC[Si]O[Si](C)C)c1. The van der Waals surface area contributed by atoms with Crippen molar-refractivity contribution >= 4 is 43.9 Å². The molecule has 0 aliphatic rings. The summed E-state index contributed by atoms with van der Waals surface area (Å²) in [6.07, 6.45) is -1.43. The minimum absolute atomic E-state index is 0.575. The maximum Gasteiger partial charge on any atom is 0.404 e. The Morgan fingerprint density at radius 1 is 1.43 bits per heavy atom. The lowest BCUT2D eigenvalue weighted by Crippen LogP contribution is -2.41. The molecule has 0 heterocycles. The fourth-order valence-electron chi connectivity index (χ4n) is 1.94. The van der Waals surface area contributed by atoms with Gasteiger partial charge in [0.1, 0.15) is 0 Å². The standard InChI is InChI=1S/C14H23FNO2Si3/c1-16(14(15)17)12-7-6-8-13(11-12)21(4,5)10-9-19-18-20(2)3/h6-8,11H,9-10H2,1-5H3. The Morgan fingerprint density at radius 3 is 2.67 bits per heavy atom. The summed E-state index contributed by atoms with van der Waals surface area (Å²) in [5.41, 5.74) is 0.617. The zero-order valence-corrected chi connectivity index (χ0v) is 16.4. The number of carbonyl (C=O) groups excluding carboxylic acids is 1. The molecule has 0 saturated carbocycles. The number of anilines is 1. The molecule has 0 unspecified atom stereocenters. The van der Waals surface area contributed by atoms with E-state index in [0.717, 1.165) is 17.0 Å². The number of benzene rings is 1. The lowest BCUT2D eigenvalue weighted by Gasteiger charge is -2.24. The van der Waals surface area contributed by atoms with Crippen LogP contribution in [-0.4, -0.2) is 40.1 Å². The van der Waals surface area contributed by atoms with Crippen LogP contribution in [0.1, 0.15) is 0 Å². The molecule has 7 heteroatoms. The first kappa shape index (κ1) is 18.3. The highest BCUT2D eigenvalue weighted by molar-refractivity contribution is 6.90. The smallest absolute Gasteiger partial charge is 0.404 e. The fourth-order valence-corrected chi connectivity index (χ4v) is 7.79. The maximum atomic E-state index is 12.8. The second kappa shape index (κ2) is 8.02. The molecule has 21 heavy (non-hydrogen) atoms. The number of carbonyl (C=O) groups is 1. The zero-order valence-electron chi connectivity index (χ0n) is 13.4. The first-order valence-electron chi connectivity index (χ1n) is 6.97. The molecule has 0 aromatic heterocycles. The monoisotopic (exact) mass is 340 g/mol. The Bertz CT molecular complexity index is 483. The largest absolute Gasteiger partial charge is 0.456 e. The van der Waals surface area contributed by atoms with Crippen molar-refractivity contribution in [1.82, 2.24) is 0 Å². The van der Waals surface area contributed by atoms with Gasteiger partial charge in [0.05, 0.1) is 8.07 Å². The molecule has 0 fully saturated rings. The fraction of sp³-hybridized carbons (Fsp3) is 0.500. The molecule has 0 N–H and O–H groups in total. The Morgan fingerprint density at radius 2 is 2.10 bits per heavy atom. The van der Waals surface area contributed by atoms with E-state index in [0.29, 0.717) is 15.5 Å². The summed E-state index contributed by atoms with van der Waals surface area (Å²) in [4.78, 5) is 11.9. The van der Waals surface area contributed by atoms with Crippen LogP contribution in [0, 0.1) is 0 Å². The van der Waals surface area contributed by atoms with Crippen LogP contribution in [0.25, 0.3) is 0 Å². The summed E-state index contributed by atoms with van der Waals surface area (Å²) in [5, 5.41) is 1.25. The van der Waals surface area contributed by atoms with E-state index in [2.05, 4.69) is 32.3 Å². The Hall–Kier alpha value is -0.769. The van der Waals surface area contributed by atoms with Crippen LogP contribution in [0.4, 0.5) is 14.9 Å². The van der Waals surface area contributed by atoms with Crippen molar-refractivity contribution in [2.24, 2.45) is 0 Å². The van der Waals surface area contributed by atoms with Crippen LogP contribution in [0.5, 0.6) is 0 Å². The van der Waals surface area contributed by atoms with Crippen LogP contribution >= 0.6 is 0 Å². The molecule has 0 bridgehead atoms. The maximum absolute atomic E-state index is 12.8. The lowest BCUT2D eigenvalue weighted by molar-refractivity contribution is 0.229. The summed E-state index contributed by atoms with van der Waals surface area (Å²) >= 11 is 0. The van der Waals surface area contributed by atoms with Gasteiger partial charge >= 0.3 is 6.16 Å². The summed E-state index contributed by atoms with van der Waals surface area (Å²) < 4.78 is 18.5. The van der Waals surface area contributed by atoms with Crippen LogP contribution in [-0.2, 0) is 4.12 Å². The van der Waals surface area contributed by atoms with E-state index in [1.807, 2.05) is 12.1 Å². The van der Waals surface area contributed by atoms with Gasteiger partial charge < -0.3 is 4.12 Å². The molecular formula is C14H23FNO2Si3. The third-order valence-electron chi connectivity index (χ3n) is 3.41. The van der Waals surface area contributed by atoms with Crippen molar-refractivity contribution in [2.75, 3.05) is 11.9 Å². The van der Waals surface area contributed by atoms with Crippen molar-refractivity contribution in [3.05, 3.63) is 24.3 Å². The van der Waals surface area contributed by atoms with E-state index in [4.69, 9.17) is 4.12 Å². The molecule has 1 amide bonds. The average Bonchev–Trinajstić information content (AvgIpc) is 2.42. The minimum atomic E-state index is -1.59. The van der Waals surface area contributed by atoms with Crippen LogP contribution in [0.2, 0.25) is 38.3 Å². The molecule has 0 saturated heterocycles. The Balaban J connectivity index is 2.74. The van der Waals surface area contributed by atoms with Gasteiger partial charge in [-0.3, -0.25) is 4.90 Å². The molecule has 0 aliphatic heterocycles. The topological polar surface area (TPSA) is 29.5 Å². The van der Waals surface area contributed by atoms with Gasteiger partial charge in [-0.1, -0.05) is 36.5 Å². The van der Waals surface area contributed by atoms with Gasteiger partial charge in [-0.25, -0.2) is 4.79 Å². The van der Waals surface area contributed by atoms with Crippen LogP contribution < -0.4 is 10.1 Å². The lowest BCUT2D eigenvalue weighted by atomic mass is 10.3. The van der Waals surface area contributed by atoms with E-state index in [1.54, 1.807) is 6.07 Å². The zero-order chi connectivity index (χ0) is 16.0. The predicted octanol–water partition coefficient (Wildman–Crippen LogP) is 3.43. The highest BCUT2D eigenvalue weighted by Crippen LogP contribution is 2.18. The quantitative estimate of drug-likeness (QED) is 0.329. The van der Waals surface area contributed by atoms with Gasteiger partial charge in [-0.15, -0.1) is 4.39 Å². The number of hydrogen-bond donors (Lipinski definition) is 0. The van der Waals surface area contributed by atoms with Gasteiger partial charge in [0.2, 0.25) is 9.76 Å². The molecule has 1 aromatic rings. The first-order chi connectivity index (χ1) is 9.74. The normalized spacial score (nSPS) is 11.8. The second-order valence-electron chi connectivity index (χ2n) is 5.90. The third kappa shape index (κ3) is 5.85.